The van der Waals surface area contributed by atoms with E-state index >= 15 is 0 Å². The van der Waals surface area contributed by atoms with Gasteiger partial charge in [0.2, 0.25) is 5.88 Å². The first-order valence-electron chi connectivity index (χ1n) is 12.0. The quantitative estimate of drug-likeness (QED) is 0.292. The molecule has 0 fully saturated rings. The van der Waals surface area contributed by atoms with Crippen LogP contribution in [0.2, 0.25) is 0 Å². The molecule has 2 aromatic heterocycles. The molecule has 0 atom stereocenters. The second-order valence-electron chi connectivity index (χ2n) is 9.05. The summed E-state index contributed by atoms with van der Waals surface area (Å²) >= 11 is 0. The number of furan rings is 1. The zero-order valence-electron chi connectivity index (χ0n) is 20.1. The van der Waals surface area contributed by atoms with Gasteiger partial charge in [-0.3, -0.25) is 4.79 Å². The maximum atomic E-state index is 14.0. The van der Waals surface area contributed by atoms with Crippen LogP contribution in [0.5, 0.6) is 0 Å². The van der Waals surface area contributed by atoms with Crippen LogP contribution in [0.4, 0.5) is 11.6 Å². The average Bonchev–Trinajstić information content (AvgIpc) is 3.25. The second-order valence-corrected chi connectivity index (χ2v) is 9.05. The molecule has 0 unspecified atom stereocenters. The first-order chi connectivity index (χ1) is 17.1. The minimum atomic E-state index is -0.0402. The van der Waals surface area contributed by atoms with Gasteiger partial charge in [0.25, 0.3) is 5.56 Å². The number of para-hydroxylation sites is 1. The van der Waals surface area contributed by atoms with E-state index in [1.54, 1.807) is 0 Å². The third-order valence-electron chi connectivity index (χ3n) is 6.81. The number of hydrogen-bond acceptors (Lipinski definition) is 3. The molecule has 0 saturated carbocycles. The van der Waals surface area contributed by atoms with E-state index < -0.39 is 0 Å². The molecule has 6 rings (SSSR count). The van der Waals surface area contributed by atoms with Crippen LogP contribution in [0.3, 0.4) is 0 Å². The van der Waals surface area contributed by atoms with E-state index in [0.717, 1.165) is 44.1 Å². The Morgan fingerprint density at radius 2 is 1.60 bits per heavy atom. The van der Waals surface area contributed by atoms with Crippen molar-refractivity contribution in [2.24, 2.45) is 0 Å². The van der Waals surface area contributed by atoms with Gasteiger partial charge in [-0.1, -0.05) is 72.3 Å². The third kappa shape index (κ3) is 3.33. The van der Waals surface area contributed by atoms with Crippen LogP contribution in [0.1, 0.15) is 18.1 Å². The van der Waals surface area contributed by atoms with E-state index in [0.29, 0.717) is 23.4 Å². The Bertz CT molecular complexity index is 1800. The van der Waals surface area contributed by atoms with Crippen molar-refractivity contribution in [2.45, 2.75) is 27.3 Å². The molecule has 0 radical (unpaired) electrons. The van der Waals surface area contributed by atoms with Gasteiger partial charge < -0.3 is 14.3 Å². The number of benzene rings is 4. The monoisotopic (exact) mass is 458 g/mol. The summed E-state index contributed by atoms with van der Waals surface area (Å²) in [5.74, 6) is 0.583. The number of rotatable bonds is 4. The molecule has 0 saturated heterocycles. The Hall–Kier alpha value is -4.31. The predicted molar refractivity (Wildman–Crippen MR) is 146 cm³/mol. The number of nitrogens with zero attached hydrogens (tertiary/aromatic N) is 1. The van der Waals surface area contributed by atoms with E-state index in [9.17, 15) is 4.79 Å². The van der Waals surface area contributed by atoms with Crippen LogP contribution >= 0.6 is 0 Å². The number of nitrogens with one attached hydrogen (secondary N) is 1. The molecule has 0 bridgehead atoms. The van der Waals surface area contributed by atoms with Crippen molar-refractivity contribution in [1.29, 1.82) is 0 Å². The summed E-state index contributed by atoms with van der Waals surface area (Å²) in [5.41, 5.74) is 6.50. The molecule has 0 aliphatic heterocycles. The topological polar surface area (TPSA) is 47.2 Å². The fourth-order valence-electron chi connectivity index (χ4n) is 5.15. The molecule has 4 nitrogen and oxygen atoms in total. The molecule has 0 aliphatic rings. The van der Waals surface area contributed by atoms with Gasteiger partial charge in [-0.25, -0.2) is 0 Å². The Morgan fingerprint density at radius 3 is 2.40 bits per heavy atom. The highest BCUT2D eigenvalue weighted by molar-refractivity contribution is 6.14. The summed E-state index contributed by atoms with van der Waals surface area (Å²) in [6.07, 6.45) is 0. The molecule has 0 spiro atoms. The largest absolute Gasteiger partial charge is 0.439 e. The van der Waals surface area contributed by atoms with Crippen molar-refractivity contribution < 1.29 is 4.42 Å². The van der Waals surface area contributed by atoms with Crippen molar-refractivity contribution in [3.05, 3.63) is 106 Å². The molecular weight excluding hydrogens is 432 g/mol. The summed E-state index contributed by atoms with van der Waals surface area (Å²) < 4.78 is 8.40. The zero-order valence-corrected chi connectivity index (χ0v) is 20.1. The van der Waals surface area contributed by atoms with Crippen LogP contribution in [0.25, 0.3) is 43.8 Å². The highest BCUT2D eigenvalue weighted by Crippen LogP contribution is 2.43. The minimum absolute atomic E-state index is 0.0402. The first kappa shape index (κ1) is 21.2. The SMILES string of the molecule is CCn1c(=O)c2c(-c3cccc4ccccc34)c(Nc3ccc(C)cc3C)oc2c2ccccc21. The highest BCUT2D eigenvalue weighted by atomic mass is 16.4. The Morgan fingerprint density at radius 1 is 0.857 bits per heavy atom. The summed E-state index contributed by atoms with van der Waals surface area (Å²) in [6.45, 7) is 6.75. The van der Waals surface area contributed by atoms with Crippen molar-refractivity contribution >= 4 is 44.2 Å². The molecule has 1 N–H and O–H groups in total. The minimum Gasteiger partial charge on any atom is -0.439 e. The summed E-state index contributed by atoms with van der Waals surface area (Å²) in [6, 6.07) is 28.7. The smallest absolute Gasteiger partial charge is 0.262 e. The Labute approximate surface area is 203 Å². The lowest BCUT2D eigenvalue weighted by atomic mass is 9.97. The van der Waals surface area contributed by atoms with Gasteiger partial charge in [0.15, 0.2) is 5.58 Å². The van der Waals surface area contributed by atoms with Crippen LogP contribution in [0.15, 0.2) is 94.1 Å². The first-order valence-corrected chi connectivity index (χ1v) is 12.0. The van der Waals surface area contributed by atoms with Gasteiger partial charge in [0, 0.05) is 17.6 Å². The van der Waals surface area contributed by atoms with E-state index in [2.05, 4.69) is 61.6 Å². The van der Waals surface area contributed by atoms with Crippen molar-refractivity contribution in [2.75, 3.05) is 5.32 Å². The maximum absolute atomic E-state index is 14.0. The standard InChI is InChI=1S/C31H26N2O2/c1-4-33-26-15-8-7-13-24(26)29-28(31(33)34)27(23-14-9-11-21-10-5-6-12-22(21)23)30(35-29)32-25-17-16-19(2)18-20(25)3/h5-18,32H,4H2,1-3H3. The molecule has 4 aromatic carbocycles. The van der Waals surface area contributed by atoms with Crippen molar-refractivity contribution in [3.63, 3.8) is 0 Å². The van der Waals surface area contributed by atoms with Crippen LogP contribution < -0.4 is 10.9 Å². The molecular formula is C31H26N2O2. The van der Waals surface area contributed by atoms with Gasteiger partial charge in [-0.05, 0) is 60.9 Å². The third-order valence-corrected chi connectivity index (χ3v) is 6.81. The molecule has 4 heteroatoms. The number of aryl methyl sites for hydroxylation is 3. The fraction of sp³-hybridized carbons (Fsp3) is 0.129. The molecule has 35 heavy (non-hydrogen) atoms. The number of fused-ring (bicyclic) bond motifs is 4. The van der Waals surface area contributed by atoms with E-state index in [1.807, 2.05) is 54.0 Å². The van der Waals surface area contributed by atoms with Gasteiger partial charge >= 0.3 is 0 Å². The molecule has 0 amide bonds. The van der Waals surface area contributed by atoms with Gasteiger partial charge in [-0.2, -0.15) is 0 Å². The normalized spacial score (nSPS) is 11.5. The van der Waals surface area contributed by atoms with Crippen LogP contribution in [-0.4, -0.2) is 4.57 Å². The molecule has 6 aromatic rings. The van der Waals surface area contributed by atoms with E-state index in [-0.39, 0.29) is 5.56 Å². The predicted octanol–water partition coefficient (Wildman–Crippen LogP) is 7.95. The summed E-state index contributed by atoms with van der Waals surface area (Å²) in [7, 11) is 0. The van der Waals surface area contributed by atoms with Gasteiger partial charge in [0.05, 0.1) is 16.5 Å². The lowest BCUT2D eigenvalue weighted by Gasteiger charge is -2.12. The number of aromatic nitrogens is 1. The van der Waals surface area contributed by atoms with Gasteiger partial charge in [0.1, 0.15) is 0 Å². The summed E-state index contributed by atoms with van der Waals surface area (Å²) in [4.78, 5) is 14.0. The maximum Gasteiger partial charge on any atom is 0.262 e. The highest BCUT2D eigenvalue weighted by Gasteiger charge is 2.24. The molecule has 2 heterocycles. The lowest BCUT2D eigenvalue weighted by Crippen LogP contribution is -2.19. The average molecular weight is 459 g/mol. The second kappa shape index (κ2) is 8.17. The molecule has 172 valence electrons. The number of hydrogen-bond donors (Lipinski definition) is 1. The number of anilines is 2. The van der Waals surface area contributed by atoms with E-state index in [4.69, 9.17) is 4.42 Å². The van der Waals surface area contributed by atoms with Crippen molar-refractivity contribution in [1.82, 2.24) is 4.57 Å². The fourth-order valence-corrected chi connectivity index (χ4v) is 5.15. The van der Waals surface area contributed by atoms with Crippen LogP contribution in [0, 0.1) is 13.8 Å². The number of pyridine rings is 1. The summed E-state index contributed by atoms with van der Waals surface area (Å²) in [5, 5.41) is 7.27. The zero-order chi connectivity index (χ0) is 24.1. The lowest BCUT2D eigenvalue weighted by molar-refractivity contribution is 0.637. The van der Waals surface area contributed by atoms with E-state index in [1.165, 1.54) is 5.56 Å². The molecule has 0 aliphatic carbocycles. The van der Waals surface area contributed by atoms with Crippen molar-refractivity contribution in [3.8, 4) is 11.1 Å². The van der Waals surface area contributed by atoms with Crippen LogP contribution in [-0.2, 0) is 6.54 Å². The Kier molecular flexibility index (Phi) is 4.96. The van der Waals surface area contributed by atoms with Gasteiger partial charge in [-0.15, -0.1) is 0 Å². The Balaban J connectivity index is 1.76.